The maximum Gasteiger partial charge on any atom is 0.215 e. The Balaban J connectivity index is 1.72. The first-order valence-corrected chi connectivity index (χ1v) is 8.01. The van der Waals surface area contributed by atoms with Crippen LogP contribution in [-0.4, -0.2) is 43.0 Å². The Morgan fingerprint density at radius 3 is 3.00 bits per heavy atom. The smallest absolute Gasteiger partial charge is 0.215 e. The Kier molecular flexibility index (Phi) is 4.42. The van der Waals surface area contributed by atoms with Gasteiger partial charge in [-0.15, -0.1) is 0 Å². The van der Waals surface area contributed by atoms with Crippen molar-refractivity contribution in [1.29, 1.82) is 0 Å². The fraction of sp³-hybridized carbons (Fsp3) is 0.688. The highest BCUT2D eigenvalue weighted by molar-refractivity contribution is 5.98. The highest BCUT2D eigenvalue weighted by Crippen LogP contribution is 2.27. The normalized spacial score (nSPS) is 28.1. The maximum absolute atomic E-state index is 12.8. The molecule has 1 aromatic rings. The van der Waals surface area contributed by atoms with Gasteiger partial charge in [-0.05, 0) is 58.3 Å². The summed E-state index contributed by atoms with van der Waals surface area (Å²) >= 11 is 0. The molecule has 0 spiro atoms. The molecule has 2 aliphatic heterocycles. The van der Waals surface area contributed by atoms with Crippen molar-refractivity contribution in [2.45, 2.75) is 50.9 Å². The fourth-order valence-corrected chi connectivity index (χ4v) is 3.42. The van der Waals surface area contributed by atoms with Gasteiger partial charge in [0, 0.05) is 6.54 Å². The number of likely N-dealkylation sites (tertiary alicyclic amines) is 1. The zero-order chi connectivity index (χ0) is 14.8. The predicted octanol–water partition coefficient (Wildman–Crippen LogP) is 1.92. The SMILES string of the molecule is CNC(C)c1ccc(C(=O)C2CCCN2C2CCCN2)o1. The van der Waals surface area contributed by atoms with Gasteiger partial charge in [0.25, 0.3) is 0 Å². The Bertz CT molecular complexity index is 493. The van der Waals surface area contributed by atoms with Gasteiger partial charge in [-0.2, -0.15) is 0 Å². The molecule has 3 rings (SSSR count). The van der Waals surface area contributed by atoms with Crippen LogP contribution in [-0.2, 0) is 0 Å². The molecule has 3 unspecified atom stereocenters. The van der Waals surface area contributed by atoms with Crippen LogP contribution in [0.15, 0.2) is 16.5 Å². The van der Waals surface area contributed by atoms with Gasteiger partial charge >= 0.3 is 0 Å². The second-order valence-electron chi connectivity index (χ2n) is 6.08. The molecule has 0 saturated carbocycles. The van der Waals surface area contributed by atoms with Crippen LogP contribution in [0.1, 0.15) is 55.0 Å². The second-order valence-corrected chi connectivity index (χ2v) is 6.08. The average Bonchev–Trinajstić information content (AvgIpc) is 3.25. The van der Waals surface area contributed by atoms with E-state index in [0.29, 0.717) is 11.9 Å². The summed E-state index contributed by atoms with van der Waals surface area (Å²) in [6.45, 7) is 4.10. The van der Waals surface area contributed by atoms with Crippen molar-refractivity contribution >= 4 is 5.78 Å². The van der Waals surface area contributed by atoms with E-state index in [1.807, 2.05) is 26.1 Å². The Hall–Kier alpha value is -1.17. The topological polar surface area (TPSA) is 57.5 Å². The standard InChI is InChI=1S/C16H25N3O2/c1-11(17-2)13-7-8-14(21-13)16(20)12-5-4-10-19(12)15-6-3-9-18-15/h7-8,11-12,15,17-18H,3-6,9-10H2,1-2H3. The summed E-state index contributed by atoms with van der Waals surface area (Å²) in [5.41, 5.74) is 0. The number of carbonyl (C=O) groups excluding carboxylic acids is 1. The van der Waals surface area contributed by atoms with Crippen LogP contribution in [0.3, 0.4) is 0 Å². The van der Waals surface area contributed by atoms with Crippen LogP contribution in [0.4, 0.5) is 0 Å². The molecule has 2 saturated heterocycles. The first-order valence-electron chi connectivity index (χ1n) is 8.01. The van der Waals surface area contributed by atoms with Crippen molar-refractivity contribution in [3.8, 4) is 0 Å². The van der Waals surface area contributed by atoms with Crippen molar-refractivity contribution in [3.63, 3.8) is 0 Å². The van der Waals surface area contributed by atoms with Crippen molar-refractivity contribution in [2.24, 2.45) is 0 Å². The van der Waals surface area contributed by atoms with E-state index in [2.05, 4.69) is 15.5 Å². The minimum Gasteiger partial charge on any atom is -0.456 e. The molecule has 0 amide bonds. The molecular formula is C16H25N3O2. The number of hydrogen-bond donors (Lipinski definition) is 2. The largest absolute Gasteiger partial charge is 0.456 e. The van der Waals surface area contributed by atoms with E-state index in [4.69, 9.17) is 4.42 Å². The third-order valence-corrected chi connectivity index (χ3v) is 4.76. The Labute approximate surface area is 126 Å². The number of carbonyl (C=O) groups is 1. The zero-order valence-corrected chi connectivity index (χ0v) is 12.9. The molecule has 2 aliphatic rings. The molecule has 2 fully saturated rings. The zero-order valence-electron chi connectivity index (χ0n) is 12.9. The summed E-state index contributed by atoms with van der Waals surface area (Å²) in [7, 11) is 1.89. The van der Waals surface area contributed by atoms with Gasteiger partial charge in [-0.3, -0.25) is 9.69 Å². The van der Waals surface area contributed by atoms with Crippen LogP contribution >= 0.6 is 0 Å². The predicted molar refractivity (Wildman–Crippen MR) is 81.3 cm³/mol. The second kappa shape index (κ2) is 6.30. The van der Waals surface area contributed by atoms with E-state index in [-0.39, 0.29) is 17.9 Å². The van der Waals surface area contributed by atoms with Crippen LogP contribution in [0.5, 0.6) is 0 Å². The summed E-state index contributed by atoms with van der Waals surface area (Å²) in [5, 5.41) is 6.63. The first kappa shape index (κ1) is 14.8. The first-order chi connectivity index (χ1) is 10.2. The van der Waals surface area contributed by atoms with E-state index in [1.165, 1.54) is 6.42 Å². The molecule has 0 aromatic carbocycles. The Morgan fingerprint density at radius 2 is 2.29 bits per heavy atom. The number of nitrogens with zero attached hydrogens (tertiary/aromatic N) is 1. The van der Waals surface area contributed by atoms with Gasteiger partial charge in [0.05, 0.1) is 18.2 Å². The summed E-state index contributed by atoms with van der Waals surface area (Å²) in [6, 6.07) is 3.83. The number of Topliss-reactive ketones (excluding diaryl/α,β-unsaturated/α-hetero) is 1. The van der Waals surface area contributed by atoms with Gasteiger partial charge in [0.1, 0.15) is 5.76 Å². The number of hydrogen-bond acceptors (Lipinski definition) is 5. The number of nitrogens with one attached hydrogen (secondary N) is 2. The summed E-state index contributed by atoms with van der Waals surface area (Å²) < 4.78 is 5.76. The molecular weight excluding hydrogens is 266 g/mol. The lowest BCUT2D eigenvalue weighted by Gasteiger charge is -2.29. The molecule has 0 radical (unpaired) electrons. The van der Waals surface area contributed by atoms with E-state index in [9.17, 15) is 4.79 Å². The van der Waals surface area contributed by atoms with Crippen molar-refractivity contribution in [1.82, 2.24) is 15.5 Å². The minimum atomic E-state index is -0.0236. The molecule has 0 aliphatic carbocycles. The lowest BCUT2D eigenvalue weighted by molar-refractivity contribution is 0.0771. The van der Waals surface area contributed by atoms with Crippen molar-refractivity contribution in [3.05, 3.63) is 23.7 Å². The number of ketones is 1. The molecule has 116 valence electrons. The number of rotatable bonds is 5. The summed E-state index contributed by atoms with van der Waals surface area (Å²) in [4.78, 5) is 15.1. The van der Waals surface area contributed by atoms with Gasteiger partial charge < -0.3 is 15.1 Å². The van der Waals surface area contributed by atoms with Gasteiger partial charge in [-0.25, -0.2) is 0 Å². The molecule has 3 heterocycles. The third kappa shape index (κ3) is 2.91. The van der Waals surface area contributed by atoms with Crippen LogP contribution in [0.2, 0.25) is 0 Å². The van der Waals surface area contributed by atoms with Gasteiger partial charge in [0.2, 0.25) is 5.78 Å². The molecule has 1 aromatic heterocycles. The average molecular weight is 291 g/mol. The van der Waals surface area contributed by atoms with Crippen LogP contribution in [0.25, 0.3) is 0 Å². The molecule has 21 heavy (non-hydrogen) atoms. The number of furan rings is 1. The third-order valence-electron chi connectivity index (χ3n) is 4.76. The lowest BCUT2D eigenvalue weighted by Crippen LogP contribution is -2.47. The highest BCUT2D eigenvalue weighted by Gasteiger charge is 2.37. The van der Waals surface area contributed by atoms with Crippen LogP contribution < -0.4 is 10.6 Å². The van der Waals surface area contributed by atoms with Crippen LogP contribution in [0, 0.1) is 0 Å². The lowest BCUT2D eigenvalue weighted by atomic mass is 10.1. The van der Waals surface area contributed by atoms with E-state index >= 15 is 0 Å². The quantitative estimate of drug-likeness (QED) is 0.812. The summed E-state index contributed by atoms with van der Waals surface area (Å²) in [6.07, 6.45) is 4.74. The highest BCUT2D eigenvalue weighted by atomic mass is 16.3. The van der Waals surface area contributed by atoms with Crippen molar-refractivity contribution in [2.75, 3.05) is 20.1 Å². The maximum atomic E-state index is 12.8. The Morgan fingerprint density at radius 1 is 1.43 bits per heavy atom. The molecule has 0 bridgehead atoms. The van der Waals surface area contributed by atoms with Gasteiger partial charge in [0.15, 0.2) is 5.76 Å². The molecule has 5 heteroatoms. The van der Waals surface area contributed by atoms with Gasteiger partial charge in [-0.1, -0.05) is 0 Å². The van der Waals surface area contributed by atoms with E-state index < -0.39 is 0 Å². The van der Waals surface area contributed by atoms with E-state index in [1.54, 1.807) is 0 Å². The fourth-order valence-electron chi connectivity index (χ4n) is 3.42. The molecule has 3 atom stereocenters. The monoisotopic (exact) mass is 291 g/mol. The van der Waals surface area contributed by atoms with Crippen molar-refractivity contribution < 1.29 is 9.21 Å². The molecule has 5 nitrogen and oxygen atoms in total. The molecule has 2 N–H and O–H groups in total. The minimum absolute atomic E-state index is 0.0236. The van der Waals surface area contributed by atoms with E-state index in [0.717, 1.165) is 38.1 Å². The summed E-state index contributed by atoms with van der Waals surface area (Å²) in [5.74, 6) is 1.46.